The largest absolute Gasteiger partial charge is 0.389 e. The van der Waals surface area contributed by atoms with Gasteiger partial charge in [0.05, 0.1) is 11.9 Å². The molecule has 1 aliphatic rings. The van der Waals surface area contributed by atoms with Crippen LogP contribution in [0.25, 0.3) is 0 Å². The third kappa shape index (κ3) is 4.00. The summed E-state index contributed by atoms with van der Waals surface area (Å²) >= 11 is 0. The monoisotopic (exact) mass is 331 g/mol. The first-order chi connectivity index (χ1) is 11.6. The number of hydrogen-bond donors (Lipinski definition) is 2. The van der Waals surface area contributed by atoms with Gasteiger partial charge in [0.2, 0.25) is 5.91 Å². The summed E-state index contributed by atoms with van der Waals surface area (Å²) in [5, 5.41) is 10.7. The average molecular weight is 331 g/mol. The smallest absolute Gasteiger partial charge is 0.222 e. The van der Waals surface area contributed by atoms with Crippen LogP contribution in [0.3, 0.4) is 0 Å². The van der Waals surface area contributed by atoms with Gasteiger partial charge in [0.15, 0.2) is 0 Å². The minimum absolute atomic E-state index is 0.0811. The van der Waals surface area contributed by atoms with E-state index in [1.54, 1.807) is 35.6 Å². The van der Waals surface area contributed by atoms with Gasteiger partial charge in [0.25, 0.3) is 0 Å². The molecule has 0 radical (unpaired) electrons. The molecule has 1 aliphatic heterocycles. The number of nitrogens with one attached hydrogen (secondary N) is 1. The second-order valence-corrected chi connectivity index (χ2v) is 6.45. The standard InChI is InChI=1S/C18H22FN3O2/c19-16-4-2-1-3-14(16)11-18(24)7-9-22(10-8-18)17(23)6-5-15-12-20-13-21-15/h1-4,12-13,24H,5-11H2,(H,20,21). The number of amides is 1. The Morgan fingerprint density at radius 2 is 2.08 bits per heavy atom. The Bertz CT molecular complexity index is 679. The van der Waals surface area contributed by atoms with Gasteiger partial charge in [-0.1, -0.05) is 18.2 Å². The zero-order valence-corrected chi connectivity index (χ0v) is 13.5. The summed E-state index contributed by atoms with van der Waals surface area (Å²) in [5.74, 6) is -0.207. The third-order valence-corrected chi connectivity index (χ3v) is 4.69. The number of aliphatic hydroxyl groups is 1. The molecule has 1 fully saturated rings. The molecule has 1 saturated heterocycles. The molecule has 5 nitrogen and oxygen atoms in total. The molecule has 0 bridgehead atoms. The van der Waals surface area contributed by atoms with Crippen LogP contribution in [0, 0.1) is 5.82 Å². The minimum Gasteiger partial charge on any atom is -0.389 e. The van der Waals surface area contributed by atoms with Gasteiger partial charge >= 0.3 is 0 Å². The van der Waals surface area contributed by atoms with Crippen molar-refractivity contribution in [3.8, 4) is 0 Å². The summed E-state index contributed by atoms with van der Waals surface area (Å²) in [5.41, 5.74) is 0.526. The zero-order chi connectivity index (χ0) is 17.0. The summed E-state index contributed by atoms with van der Waals surface area (Å²) < 4.78 is 13.8. The van der Waals surface area contributed by atoms with Crippen molar-refractivity contribution in [2.45, 2.75) is 37.7 Å². The molecule has 1 amide bonds. The third-order valence-electron chi connectivity index (χ3n) is 4.69. The number of likely N-dealkylation sites (tertiary alicyclic amines) is 1. The van der Waals surface area contributed by atoms with E-state index in [-0.39, 0.29) is 18.1 Å². The highest BCUT2D eigenvalue weighted by Crippen LogP contribution is 2.27. The molecule has 0 atom stereocenters. The summed E-state index contributed by atoms with van der Waals surface area (Å²) in [6.07, 6.45) is 5.60. The van der Waals surface area contributed by atoms with Crippen LogP contribution in [0.4, 0.5) is 4.39 Å². The van der Waals surface area contributed by atoms with Gasteiger partial charge in [-0.25, -0.2) is 9.37 Å². The maximum absolute atomic E-state index is 13.8. The van der Waals surface area contributed by atoms with E-state index in [2.05, 4.69) is 9.97 Å². The number of imidazole rings is 1. The van der Waals surface area contributed by atoms with Crippen LogP contribution in [0.1, 0.15) is 30.5 Å². The fourth-order valence-corrected chi connectivity index (χ4v) is 3.17. The molecule has 6 heteroatoms. The maximum Gasteiger partial charge on any atom is 0.222 e. The van der Waals surface area contributed by atoms with Crippen molar-refractivity contribution in [2.24, 2.45) is 0 Å². The molecule has 2 N–H and O–H groups in total. The van der Waals surface area contributed by atoms with Crippen LogP contribution in [-0.2, 0) is 17.6 Å². The molecule has 2 aromatic rings. The van der Waals surface area contributed by atoms with Crippen molar-refractivity contribution in [3.05, 3.63) is 53.9 Å². The number of aryl methyl sites for hydroxylation is 1. The molecule has 2 heterocycles. The van der Waals surface area contributed by atoms with Crippen molar-refractivity contribution < 1.29 is 14.3 Å². The molecule has 1 aromatic carbocycles. The highest BCUT2D eigenvalue weighted by molar-refractivity contribution is 5.76. The number of H-pyrrole nitrogens is 1. The van der Waals surface area contributed by atoms with Gasteiger partial charge < -0.3 is 15.0 Å². The number of carbonyl (C=O) groups excluding carboxylic acids is 1. The van der Waals surface area contributed by atoms with E-state index in [0.29, 0.717) is 44.3 Å². The molecule has 0 unspecified atom stereocenters. The Morgan fingerprint density at radius 3 is 2.75 bits per heavy atom. The Hall–Kier alpha value is -2.21. The fraction of sp³-hybridized carbons (Fsp3) is 0.444. The second-order valence-electron chi connectivity index (χ2n) is 6.45. The Balaban J connectivity index is 1.51. The quantitative estimate of drug-likeness (QED) is 0.881. The summed E-state index contributed by atoms with van der Waals surface area (Å²) in [7, 11) is 0. The van der Waals surface area contributed by atoms with Crippen molar-refractivity contribution >= 4 is 5.91 Å². The van der Waals surface area contributed by atoms with E-state index in [4.69, 9.17) is 0 Å². The zero-order valence-electron chi connectivity index (χ0n) is 13.5. The first-order valence-corrected chi connectivity index (χ1v) is 8.27. The molecule has 128 valence electrons. The normalized spacial score (nSPS) is 17.0. The number of aromatic nitrogens is 2. The van der Waals surface area contributed by atoms with Crippen molar-refractivity contribution in [1.29, 1.82) is 0 Å². The van der Waals surface area contributed by atoms with E-state index >= 15 is 0 Å². The number of benzene rings is 1. The second kappa shape index (κ2) is 7.13. The van der Waals surface area contributed by atoms with Crippen LogP contribution in [0.15, 0.2) is 36.8 Å². The first kappa shape index (κ1) is 16.6. The maximum atomic E-state index is 13.8. The molecule has 24 heavy (non-hydrogen) atoms. The van der Waals surface area contributed by atoms with Crippen molar-refractivity contribution in [1.82, 2.24) is 14.9 Å². The van der Waals surface area contributed by atoms with Gasteiger partial charge in [-0.3, -0.25) is 4.79 Å². The highest BCUT2D eigenvalue weighted by Gasteiger charge is 2.34. The van der Waals surface area contributed by atoms with Gasteiger partial charge in [-0.15, -0.1) is 0 Å². The first-order valence-electron chi connectivity index (χ1n) is 8.27. The fourth-order valence-electron chi connectivity index (χ4n) is 3.17. The highest BCUT2D eigenvalue weighted by atomic mass is 19.1. The number of nitrogens with zero attached hydrogens (tertiary/aromatic N) is 2. The van der Waals surface area contributed by atoms with E-state index in [9.17, 15) is 14.3 Å². The Kier molecular flexibility index (Phi) is 4.94. The molecule has 0 saturated carbocycles. The number of rotatable bonds is 5. The Morgan fingerprint density at radius 1 is 1.33 bits per heavy atom. The lowest BCUT2D eigenvalue weighted by atomic mass is 9.85. The molecule has 1 aromatic heterocycles. The van der Waals surface area contributed by atoms with Gasteiger partial charge in [-0.2, -0.15) is 0 Å². The van der Waals surface area contributed by atoms with E-state index in [1.807, 2.05) is 0 Å². The van der Waals surface area contributed by atoms with Crippen molar-refractivity contribution in [3.63, 3.8) is 0 Å². The van der Waals surface area contributed by atoms with Crippen LogP contribution >= 0.6 is 0 Å². The van der Waals surface area contributed by atoms with Gasteiger partial charge in [0, 0.05) is 37.8 Å². The number of piperidine rings is 1. The van der Waals surface area contributed by atoms with Gasteiger partial charge in [0.1, 0.15) is 5.82 Å². The molecule has 0 aliphatic carbocycles. The van der Waals surface area contributed by atoms with Crippen LogP contribution in [0.2, 0.25) is 0 Å². The molecule has 0 spiro atoms. The average Bonchev–Trinajstić information content (AvgIpc) is 3.09. The predicted molar refractivity (Wildman–Crippen MR) is 87.8 cm³/mol. The van der Waals surface area contributed by atoms with Gasteiger partial charge in [-0.05, 0) is 30.9 Å². The van der Waals surface area contributed by atoms with Crippen LogP contribution in [0.5, 0.6) is 0 Å². The van der Waals surface area contributed by atoms with E-state index < -0.39 is 5.60 Å². The Labute approximate surface area is 140 Å². The topological polar surface area (TPSA) is 69.2 Å². The SMILES string of the molecule is O=C(CCc1cnc[nH]1)N1CCC(O)(Cc2ccccc2F)CC1. The summed E-state index contributed by atoms with van der Waals surface area (Å²) in [4.78, 5) is 21.0. The van der Waals surface area contributed by atoms with E-state index in [1.165, 1.54) is 6.07 Å². The molecular formula is C18H22FN3O2. The minimum atomic E-state index is -0.942. The number of carbonyl (C=O) groups is 1. The van der Waals surface area contributed by atoms with Crippen LogP contribution in [-0.4, -0.2) is 44.6 Å². The number of hydrogen-bond acceptors (Lipinski definition) is 3. The lowest BCUT2D eigenvalue weighted by Gasteiger charge is -2.38. The lowest BCUT2D eigenvalue weighted by molar-refractivity contribution is -0.135. The number of aromatic amines is 1. The lowest BCUT2D eigenvalue weighted by Crippen LogP contribution is -2.47. The van der Waals surface area contributed by atoms with Crippen LogP contribution < -0.4 is 0 Å². The van der Waals surface area contributed by atoms with E-state index in [0.717, 1.165) is 5.69 Å². The summed E-state index contributed by atoms with van der Waals surface area (Å²) in [6, 6.07) is 6.53. The molecule has 3 rings (SSSR count). The summed E-state index contributed by atoms with van der Waals surface area (Å²) in [6.45, 7) is 1.01. The predicted octanol–water partition coefficient (Wildman–Crippen LogP) is 2.08. The molecular weight excluding hydrogens is 309 g/mol. The number of halogens is 1. The van der Waals surface area contributed by atoms with Crippen molar-refractivity contribution in [2.75, 3.05) is 13.1 Å².